The lowest BCUT2D eigenvalue weighted by atomic mass is 9.98. The second-order valence-corrected chi connectivity index (χ2v) is 7.55. The number of ether oxygens (including phenoxy) is 1. The third kappa shape index (κ3) is 4.83. The number of rotatable bonds is 7. The Morgan fingerprint density at radius 1 is 1.07 bits per heavy atom. The lowest BCUT2D eigenvalue weighted by molar-refractivity contribution is 0.103. The van der Waals surface area contributed by atoms with E-state index in [4.69, 9.17) is 16.3 Å². The van der Waals surface area contributed by atoms with Gasteiger partial charge in [0.15, 0.2) is 5.78 Å². The number of hydrogen-bond acceptors (Lipinski definition) is 3. The molecule has 0 aliphatic rings. The van der Waals surface area contributed by atoms with Crippen LogP contribution in [0.15, 0.2) is 77.8 Å². The maximum Gasteiger partial charge on any atom is 0.194 e. The molecule has 3 rings (SSSR count). The monoisotopic (exact) mass is 455 g/mol. The molecule has 0 aromatic heterocycles. The maximum absolute atomic E-state index is 13.0. The highest BCUT2D eigenvalue weighted by atomic mass is 79.9. The highest BCUT2D eigenvalue weighted by Crippen LogP contribution is 2.28. The van der Waals surface area contributed by atoms with Crippen molar-refractivity contribution in [1.82, 2.24) is 0 Å². The van der Waals surface area contributed by atoms with Gasteiger partial charge in [-0.25, -0.2) is 0 Å². The second-order valence-electron chi connectivity index (χ2n) is 6.23. The van der Waals surface area contributed by atoms with Crippen molar-refractivity contribution in [3.63, 3.8) is 0 Å². The van der Waals surface area contributed by atoms with Crippen LogP contribution in [0.25, 0.3) is 0 Å². The first-order valence-electron chi connectivity index (χ1n) is 8.69. The molecule has 3 nitrogen and oxygen atoms in total. The average molecular weight is 457 g/mol. The molecular formula is C23H19BrClNO2. The van der Waals surface area contributed by atoms with E-state index >= 15 is 0 Å². The molecular weight excluding hydrogens is 438 g/mol. The SMILES string of the molecule is C=CCOc1ccc(C(=O)c2ccc(Nc3ccc(Br)cc3)cc2Cl)c(C)c1. The summed E-state index contributed by atoms with van der Waals surface area (Å²) in [6, 6.07) is 18.5. The molecule has 0 unspecified atom stereocenters. The molecule has 0 saturated carbocycles. The summed E-state index contributed by atoms with van der Waals surface area (Å²) in [5, 5.41) is 3.68. The maximum atomic E-state index is 13.0. The zero-order valence-electron chi connectivity index (χ0n) is 15.3. The smallest absolute Gasteiger partial charge is 0.194 e. The molecule has 0 aliphatic carbocycles. The Bertz CT molecular complexity index is 1020. The van der Waals surface area contributed by atoms with E-state index in [0.717, 1.165) is 21.4 Å². The van der Waals surface area contributed by atoms with Gasteiger partial charge in [-0.05, 0) is 73.2 Å². The average Bonchev–Trinajstić information content (AvgIpc) is 2.68. The zero-order valence-corrected chi connectivity index (χ0v) is 17.7. The van der Waals surface area contributed by atoms with Crippen molar-refractivity contribution in [2.75, 3.05) is 11.9 Å². The summed E-state index contributed by atoms with van der Waals surface area (Å²) < 4.78 is 6.52. The van der Waals surface area contributed by atoms with Crippen molar-refractivity contribution >= 4 is 44.7 Å². The molecule has 5 heteroatoms. The summed E-state index contributed by atoms with van der Waals surface area (Å²) >= 11 is 9.83. The Balaban J connectivity index is 1.80. The Labute approximate surface area is 178 Å². The van der Waals surface area contributed by atoms with Gasteiger partial charge >= 0.3 is 0 Å². The van der Waals surface area contributed by atoms with Gasteiger partial charge in [-0.15, -0.1) is 0 Å². The summed E-state index contributed by atoms with van der Waals surface area (Å²) in [4.78, 5) is 13.0. The molecule has 0 amide bonds. The normalized spacial score (nSPS) is 10.4. The predicted octanol–water partition coefficient (Wildman–Crippen LogP) is 6.95. The zero-order chi connectivity index (χ0) is 20.1. The molecule has 0 bridgehead atoms. The van der Waals surface area contributed by atoms with Crippen LogP contribution in [-0.4, -0.2) is 12.4 Å². The van der Waals surface area contributed by atoms with Crippen LogP contribution in [0.3, 0.4) is 0 Å². The molecule has 1 N–H and O–H groups in total. The van der Waals surface area contributed by atoms with Crippen LogP contribution >= 0.6 is 27.5 Å². The highest BCUT2D eigenvalue weighted by molar-refractivity contribution is 9.10. The van der Waals surface area contributed by atoms with Crippen LogP contribution in [0.1, 0.15) is 21.5 Å². The van der Waals surface area contributed by atoms with E-state index in [-0.39, 0.29) is 5.78 Å². The summed E-state index contributed by atoms with van der Waals surface area (Å²) in [5.74, 6) is 0.585. The van der Waals surface area contributed by atoms with Gasteiger partial charge in [-0.2, -0.15) is 0 Å². The summed E-state index contributed by atoms with van der Waals surface area (Å²) in [7, 11) is 0. The van der Waals surface area contributed by atoms with Crippen molar-refractivity contribution in [2.45, 2.75) is 6.92 Å². The number of aryl methyl sites for hydroxylation is 1. The third-order valence-electron chi connectivity index (χ3n) is 4.16. The van der Waals surface area contributed by atoms with Gasteiger partial charge in [0, 0.05) is 27.0 Å². The van der Waals surface area contributed by atoms with Crippen LogP contribution in [-0.2, 0) is 0 Å². The second kappa shape index (κ2) is 9.09. The topological polar surface area (TPSA) is 38.3 Å². The van der Waals surface area contributed by atoms with Gasteiger partial charge in [0.05, 0.1) is 5.02 Å². The number of carbonyl (C=O) groups is 1. The van der Waals surface area contributed by atoms with E-state index < -0.39 is 0 Å². The van der Waals surface area contributed by atoms with E-state index in [1.54, 1.807) is 30.3 Å². The van der Waals surface area contributed by atoms with Crippen LogP contribution in [0.2, 0.25) is 5.02 Å². The lowest BCUT2D eigenvalue weighted by Crippen LogP contribution is -2.05. The summed E-state index contributed by atoms with van der Waals surface area (Å²) in [6.07, 6.45) is 1.68. The van der Waals surface area contributed by atoms with E-state index in [1.165, 1.54) is 0 Å². The van der Waals surface area contributed by atoms with Gasteiger partial charge in [-0.1, -0.05) is 40.2 Å². The predicted molar refractivity (Wildman–Crippen MR) is 119 cm³/mol. The van der Waals surface area contributed by atoms with Crippen LogP contribution in [0.4, 0.5) is 11.4 Å². The van der Waals surface area contributed by atoms with Crippen molar-refractivity contribution in [1.29, 1.82) is 0 Å². The van der Waals surface area contributed by atoms with Gasteiger partial charge in [-0.3, -0.25) is 4.79 Å². The molecule has 142 valence electrons. The Kier molecular flexibility index (Phi) is 6.55. The van der Waals surface area contributed by atoms with Crippen LogP contribution in [0, 0.1) is 6.92 Å². The van der Waals surface area contributed by atoms with Crippen molar-refractivity contribution in [2.24, 2.45) is 0 Å². The molecule has 0 aliphatic heterocycles. The first kappa shape index (κ1) is 20.2. The van der Waals surface area contributed by atoms with E-state index in [1.807, 2.05) is 43.3 Å². The Morgan fingerprint density at radius 2 is 1.75 bits per heavy atom. The van der Waals surface area contributed by atoms with E-state index in [2.05, 4.69) is 27.8 Å². The largest absolute Gasteiger partial charge is 0.490 e. The number of anilines is 2. The number of nitrogens with one attached hydrogen (secondary N) is 1. The van der Waals surface area contributed by atoms with Crippen molar-refractivity contribution < 1.29 is 9.53 Å². The first-order valence-corrected chi connectivity index (χ1v) is 9.86. The molecule has 0 radical (unpaired) electrons. The molecule has 0 saturated heterocycles. The molecule has 0 fully saturated rings. The molecule has 28 heavy (non-hydrogen) atoms. The first-order chi connectivity index (χ1) is 13.5. The van der Waals surface area contributed by atoms with Gasteiger partial charge in [0.25, 0.3) is 0 Å². The van der Waals surface area contributed by atoms with Crippen LogP contribution in [0.5, 0.6) is 5.75 Å². The standard InChI is InChI=1S/C23H19BrClNO2/c1-3-12-28-19-9-11-20(15(2)13-19)23(27)21-10-8-18(14-22(21)25)26-17-6-4-16(24)5-7-17/h3-11,13-14,26H,1,12H2,2H3. The number of benzene rings is 3. The summed E-state index contributed by atoms with van der Waals surface area (Å²) in [6.45, 7) is 5.93. The van der Waals surface area contributed by atoms with Gasteiger partial charge < -0.3 is 10.1 Å². The minimum atomic E-state index is -0.118. The fourth-order valence-electron chi connectivity index (χ4n) is 2.76. The number of hydrogen-bond donors (Lipinski definition) is 1. The minimum Gasteiger partial charge on any atom is -0.490 e. The minimum absolute atomic E-state index is 0.118. The van der Waals surface area contributed by atoms with Crippen LogP contribution < -0.4 is 10.1 Å². The Morgan fingerprint density at radius 3 is 2.39 bits per heavy atom. The Hall–Kier alpha value is -2.56. The quantitative estimate of drug-likeness (QED) is 0.309. The van der Waals surface area contributed by atoms with E-state index in [9.17, 15) is 4.79 Å². The van der Waals surface area contributed by atoms with Crippen molar-refractivity contribution in [3.05, 3.63) is 99.5 Å². The highest BCUT2D eigenvalue weighted by Gasteiger charge is 2.16. The number of carbonyl (C=O) groups excluding carboxylic acids is 1. The molecule has 0 heterocycles. The summed E-state index contributed by atoms with van der Waals surface area (Å²) in [5.41, 5.74) is 3.64. The van der Waals surface area contributed by atoms with Gasteiger partial charge in [0.2, 0.25) is 0 Å². The third-order valence-corrected chi connectivity index (χ3v) is 5.00. The lowest BCUT2D eigenvalue weighted by Gasteiger charge is -2.11. The molecule has 3 aromatic carbocycles. The fraction of sp³-hybridized carbons (Fsp3) is 0.0870. The number of halogens is 2. The fourth-order valence-corrected chi connectivity index (χ4v) is 3.29. The number of ketones is 1. The molecule has 0 atom stereocenters. The van der Waals surface area contributed by atoms with E-state index in [0.29, 0.717) is 28.5 Å². The van der Waals surface area contributed by atoms with Crippen molar-refractivity contribution in [3.8, 4) is 5.75 Å². The van der Waals surface area contributed by atoms with Gasteiger partial charge in [0.1, 0.15) is 12.4 Å². The molecule has 0 spiro atoms. The molecule has 3 aromatic rings.